The van der Waals surface area contributed by atoms with Gasteiger partial charge in [-0.2, -0.15) is 0 Å². The Bertz CT molecular complexity index is 1640. The number of aromatic nitrogens is 2. The number of carbonyl (C=O) groups is 1. The number of methoxy groups -OCH3 is 1. The molecule has 5 atom stereocenters. The van der Waals surface area contributed by atoms with Crippen LogP contribution in [-0.2, 0) is 10.2 Å². The fourth-order valence-electron chi connectivity index (χ4n) is 9.34. The molecule has 234 valence electrons. The first-order chi connectivity index (χ1) is 22.0. The number of piperidine rings is 2. The van der Waals surface area contributed by atoms with Crippen LogP contribution >= 0.6 is 0 Å². The summed E-state index contributed by atoms with van der Waals surface area (Å²) in [5.74, 6) is 2.87. The standard InChI is InChI=1S/C39H46N4O2/c1-27-40-36-10-6-7-11-37(36)43(27)32-24-30-14-15-31(25-32)42(30)23-20-39(29-8-4-3-5-9-29)18-21-41(22-19-39)38(44)35-26-34(35)28-12-16-33(45-2)17-13-28/h3-13,16-17,30-32,34-35H,14-15,18-26H2,1-2H3/t30-,31+,32+,34-,35+/m0/s1. The SMILES string of the molecule is COc1ccc([C@@H]2C[C@H]2C(=O)N2CCC(CCN3[C@@H]4CC[C@H]3C[C@@H](n3c(C)nc5ccccc53)C4)(c3ccccc3)CC2)cc1. The number of para-hydroxylation sites is 2. The van der Waals surface area contributed by atoms with E-state index in [-0.39, 0.29) is 11.3 Å². The Morgan fingerprint density at radius 3 is 2.27 bits per heavy atom. The lowest BCUT2D eigenvalue weighted by molar-refractivity contribution is -0.134. The maximum Gasteiger partial charge on any atom is 0.226 e. The largest absolute Gasteiger partial charge is 0.497 e. The lowest BCUT2D eigenvalue weighted by Crippen LogP contribution is -2.49. The summed E-state index contributed by atoms with van der Waals surface area (Å²) in [7, 11) is 1.70. The van der Waals surface area contributed by atoms with Gasteiger partial charge in [0.05, 0.1) is 18.1 Å². The van der Waals surface area contributed by atoms with E-state index in [2.05, 4.69) is 88.0 Å². The highest BCUT2D eigenvalue weighted by Crippen LogP contribution is 2.50. The quantitative estimate of drug-likeness (QED) is 0.213. The average molecular weight is 603 g/mol. The van der Waals surface area contributed by atoms with E-state index in [1.807, 2.05) is 12.1 Å². The number of hydrogen-bond donors (Lipinski definition) is 0. The number of amides is 1. The first-order valence-corrected chi connectivity index (χ1v) is 17.2. The molecule has 6 heteroatoms. The number of fused-ring (bicyclic) bond motifs is 3. The van der Waals surface area contributed by atoms with Gasteiger partial charge in [0.1, 0.15) is 11.6 Å². The molecule has 1 aliphatic carbocycles. The Labute approximate surface area is 267 Å². The molecule has 3 saturated heterocycles. The van der Waals surface area contributed by atoms with Crippen LogP contribution in [0.2, 0.25) is 0 Å². The second-order valence-corrected chi connectivity index (χ2v) is 14.2. The second-order valence-electron chi connectivity index (χ2n) is 14.2. The monoisotopic (exact) mass is 602 g/mol. The van der Waals surface area contributed by atoms with Gasteiger partial charge in [-0.25, -0.2) is 4.98 Å². The van der Waals surface area contributed by atoms with Gasteiger partial charge in [-0.1, -0.05) is 54.6 Å². The van der Waals surface area contributed by atoms with Crippen LogP contribution in [0, 0.1) is 12.8 Å². The minimum atomic E-state index is 0.129. The van der Waals surface area contributed by atoms with Crippen LogP contribution in [0.1, 0.15) is 80.3 Å². The van der Waals surface area contributed by atoms with Gasteiger partial charge in [-0.15, -0.1) is 0 Å². The smallest absolute Gasteiger partial charge is 0.226 e. The lowest BCUT2D eigenvalue weighted by atomic mass is 9.70. The van der Waals surface area contributed by atoms with Crippen LogP contribution in [0.4, 0.5) is 0 Å². The summed E-state index contributed by atoms with van der Waals surface area (Å²) in [6.45, 7) is 5.05. The van der Waals surface area contributed by atoms with E-state index in [0.717, 1.165) is 56.0 Å². The molecule has 6 nitrogen and oxygen atoms in total. The third-order valence-electron chi connectivity index (χ3n) is 11.9. The first kappa shape index (κ1) is 28.8. The third kappa shape index (κ3) is 5.25. The van der Waals surface area contributed by atoms with Crippen molar-refractivity contribution >= 4 is 16.9 Å². The normalized spacial score (nSPS) is 27.5. The maximum atomic E-state index is 13.6. The molecule has 3 aliphatic heterocycles. The average Bonchev–Trinajstić information content (AvgIpc) is 3.76. The highest BCUT2D eigenvalue weighted by atomic mass is 16.5. The summed E-state index contributed by atoms with van der Waals surface area (Å²) in [5.41, 5.74) is 5.27. The minimum Gasteiger partial charge on any atom is -0.497 e. The third-order valence-corrected chi connectivity index (χ3v) is 11.9. The number of hydrogen-bond acceptors (Lipinski definition) is 4. The van der Waals surface area contributed by atoms with Crippen molar-refractivity contribution in [3.63, 3.8) is 0 Å². The van der Waals surface area contributed by atoms with Crippen molar-refractivity contribution in [1.29, 1.82) is 0 Å². The van der Waals surface area contributed by atoms with Crippen LogP contribution < -0.4 is 4.74 Å². The van der Waals surface area contributed by atoms with Crippen molar-refractivity contribution in [3.05, 3.63) is 95.8 Å². The number of rotatable bonds is 8. The van der Waals surface area contributed by atoms with E-state index in [1.54, 1.807) is 7.11 Å². The van der Waals surface area contributed by atoms with Crippen molar-refractivity contribution in [1.82, 2.24) is 19.4 Å². The molecular formula is C39H46N4O2. The van der Waals surface area contributed by atoms with Crippen molar-refractivity contribution in [2.24, 2.45) is 5.92 Å². The van der Waals surface area contributed by atoms with Crippen LogP contribution in [-0.4, -0.2) is 64.1 Å². The number of carbonyl (C=O) groups excluding carboxylic acids is 1. The van der Waals surface area contributed by atoms with Crippen molar-refractivity contribution < 1.29 is 9.53 Å². The Hall–Kier alpha value is -3.64. The van der Waals surface area contributed by atoms with E-state index >= 15 is 0 Å². The molecule has 4 aliphatic rings. The van der Waals surface area contributed by atoms with Crippen LogP contribution in [0.5, 0.6) is 5.75 Å². The summed E-state index contributed by atoms with van der Waals surface area (Å²) in [5, 5.41) is 0. The van der Waals surface area contributed by atoms with Gasteiger partial charge in [0, 0.05) is 37.1 Å². The van der Waals surface area contributed by atoms with E-state index in [4.69, 9.17) is 9.72 Å². The zero-order chi connectivity index (χ0) is 30.5. The van der Waals surface area contributed by atoms with E-state index in [0.29, 0.717) is 30.0 Å². The number of aryl methyl sites for hydroxylation is 1. The van der Waals surface area contributed by atoms with E-state index in [9.17, 15) is 4.79 Å². The van der Waals surface area contributed by atoms with Gasteiger partial charge in [-0.05, 0) is 112 Å². The fraction of sp³-hybridized carbons (Fsp3) is 0.487. The summed E-state index contributed by atoms with van der Waals surface area (Å²) < 4.78 is 7.86. The Morgan fingerprint density at radius 2 is 1.56 bits per heavy atom. The summed E-state index contributed by atoms with van der Waals surface area (Å²) in [4.78, 5) is 23.6. The molecule has 4 aromatic rings. The molecule has 4 heterocycles. The first-order valence-electron chi connectivity index (χ1n) is 17.2. The zero-order valence-electron chi connectivity index (χ0n) is 26.8. The summed E-state index contributed by atoms with van der Waals surface area (Å²) >= 11 is 0. The molecule has 0 spiro atoms. The Balaban J connectivity index is 0.935. The highest BCUT2D eigenvalue weighted by Gasteiger charge is 2.48. The predicted molar refractivity (Wildman–Crippen MR) is 179 cm³/mol. The van der Waals surface area contributed by atoms with Gasteiger partial charge in [0.15, 0.2) is 0 Å². The molecule has 0 radical (unpaired) electrons. The van der Waals surface area contributed by atoms with Gasteiger partial charge in [0.2, 0.25) is 5.91 Å². The molecule has 8 rings (SSSR count). The fourth-order valence-corrected chi connectivity index (χ4v) is 9.34. The number of imidazole rings is 1. The molecule has 45 heavy (non-hydrogen) atoms. The van der Waals surface area contributed by atoms with Gasteiger partial charge >= 0.3 is 0 Å². The molecule has 0 unspecified atom stereocenters. The van der Waals surface area contributed by atoms with E-state index < -0.39 is 0 Å². The van der Waals surface area contributed by atoms with Crippen molar-refractivity contribution in [2.45, 2.75) is 87.7 Å². The molecule has 4 fully saturated rings. The van der Waals surface area contributed by atoms with Crippen LogP contribution in [0.25, 0.3) is 11.0 Å². The van der Waals surface area contributed by atoms with E-state index in [1.165, 1.54) is 48.7 Å². The molecule has 0 N–H and O–H groups in total. The van der Waals surface area contributed by atoms with Crippen molar-refractivity contribution in [2.75, 3.05) is 26.7 Å². The molecule has 2 bridgehead atoms. The number of ether oxygens (including phenoxy) is 1. The van der Waals surface area contributed by atoms with Crippen molar-refractivity contribution in [3.8, 4) is 5.75 Å². The number of nitrogens with zero attached hydrogens (tertiary/aromatic N) is 4. The molecule has 3 aromatic carbocycles. The Morgan fingerprint density at radius 1 is 0.867 bits per heavy atom. The topological polar surface area (TPSA) is 50.6 Å². The number of benzene rings is 3. The maximum absolute atomic E-state index is 13.6. The van der Waals surface area contributed by atoms with Crippen LogP contribution in [0.3, 0.4) is 0 Å². The summed E-state index contributed by atoms with van der Waals surface area (Å²) in [6.07, 6.45) is 9.29. The van der Waals surface area contributed by atoms with Crippen LogP contribution in [0.15, 0.2) is 78.9 Å². The molecule has 1 saturated carbocycles. The zero-order valence-corrected chi connectivity index (χ0v) is 26.8. The molecular weight excluding hydrogens is 556 g/mol. The highest BCUT2D eigenvalue weighted by molar-refractivity contribution is 5.83. The Kier molecular flexibility index (Phi) is 7.44. The molecule has 1 aromatic heterocycles. The molecule has 1 amide bonds. The minimum absolute atomic E-state index is 0.129. The second kappa shape index (κ2) is 11.6. The lowest BCUT2D eigenvalue weighted by Gasteiger charge is -2.46. The van der Waals surface area contributed by atoms with Gasteiger partial charge in [0.25, 0.3) is 0 Å². The predicted octanol–water partition coefficient (Wildman–Crippen LogP) is 7.28. The number of likely N-dealkylation sites (tertiary alicyclic amines) is 1. The summed E-state index contributed by atoms with van der Waals surface area (Å²) in [6, 6.07) is 30.0. The van der Waals surface area contributed by atoms with Gasteiger partial charge < -0.3 is 14.2 Å². The van der Waals surface area contributed by atoms with Gasteiger partial charge in [-0.3, -0.25) is 9.69 Å².